The minimum absolute atomic E-state index is 0.00380. The van der Waals surface area contributed by atoms with E-state index in [0.717, 1.165) is 12.6 Å². The molecule has 0 aromatic carbocycles. The first-order chi connectivity index (χ1) is 9.40. The molecule has 0 aliphatic rings. The van der Waals surface area contributed by atoms with Gasteiger partial charge in [-0.15, -0.1) is 11.3 Å². The zero-order chi connectivity index (χ0) is 14.8. The van der Waals surface area contributed by atoms with Gasteiger partial charge in [-0.2, -0.15) is 28.1 Å². The van der Waals surface area contributed by atoms with Crippen LogP contribution in [0, 0.1) is 0 Å². The second-order valence-electron chi connectivity index (χ2n) is 3.59. The molecule has 0 aliphatic carbocycles. The highest BCUT2D eigenvalue weighted by Crippen LogP contribution is 2.35. The normalized spacial score (nSPS) is 11.7. The number of thiazole rings is 1. The average Bonchev–Trinajstić information content (AvgIpc) is 2.85. The number of rotatable bonds is 4. The van der Waals surface area contributed by atoms with Crippen LogP contribution in [0.4, 0.5) is 13.2 Å². The van der Waals surface area contributed by atoms with E-state index >= 15 is 0 Å². The molecule has 0 unspecified atom stereocenters. The number of hydrogen-bond donors (Lipinski definition) is 0. The van der Waals surface area contributed by atoms with Crippen molar-refractivity contribution >= 4 is 22.9 Å². The molecule has 0 radical (unpaired) electrons. The second-order valence-corrected chi connectivity index (χ2v) is 4.96. The molecule has 5 nitrogen and oxygen atoms in total. The lowest BCUT2D eigenvalue weighted by Gasteiger charge is -2.03. The number of nitrogens with zero attached hydrogens (tertiary/aromatic N) is 4. The Bertz CT molecular complexity index is 604. The van der Waals surface area contributed by atoms with Crippen molar-refractivity contribution in [1.29, 1.82) is 0 Å². The Morgan fingerprint density at radius 3 is 2.65 bits per heavy atom. The molecule has 0 spiro atoms. The zero-order valence-electron chi connectivity index (χ0n) is 10.1. The van der Waals surface area contributed by atoms with Crippen LogP contribution in [0.25, 0.3) is 10.7 Å². The molecule has 2 rings (SSSR count). The third kappa shape index (κ3) is 3.54. The van der Waals surface area contributed by atoms with Gasteiger partial charge in [-0.25, -0.2) is 4.98 Å². The highest BCUT2D eigenvalue weighted by Gasteiger charge is 2.35. The van der Waals surface area contributed by atoms with Crippen molar-refractivity contribution in [3.63, 3.8) is 0 Å². The predicted molar refractivity (Wildman–Crippen MR) is 66.7 cm³/mol. The molecule has 0 amide bonds. The smallest absolute Gasteiger partial charge is 0.443 e. The van der Waals surface area contributed by atoms with Crippen LogP contribution in [0.15, 0.2) is 6.20 Å². The van der Waals surface area contributed by atoms with Gasteiger partial charge in [-0.1, -0.05) is 6.92 Å². The highest BCUT2D eigenvalue weighted by atomic mass is 35.5. The van der Waals surface area contributed by atoms with Gasteiger partial charge in [0.1, 0.15) is 0 Å². The molecule has 0 saturated heterocycles. The summed E-state index contributed by atoms with van der Waals surface area (Å²) in [5.74, 6) is 0.00380. The van der Waals surface area contributed by atoms with E-state index < -0.39 is 11.2 Å². The van der Waals surface area contributed by atoms with Crippen molar-refractivity contribution in [2.75, 3.05) is 6.61 Å². The Labute approximate surface area is 120 Å². The monoisotopic (exact) mass is 324 g/mol. The van der Waals surface area contributed by atoms with Gasteiger partial charge in [-0.3, -0.25) is 0 Å². The van der Waals surface area contributed by atoms with Gasteiger partial charge in [0.2, 0.25) is 5.28 Å². The Kier molecular flexibility index (Phi) is 4.39. The largest absolute Gasteiger partial charge is 0.463 e. The molecule has 2 aromatic heterocycles. The van der Waals surface area contributed by atoms with Crippen LogP contribution in [0.2, 0.25) is 5.28 Å². The minimum Gasteiger partial charge on any atom is -0.463 e. The standard InChI is InChI=1S/C10H8ClF3N4OS/c1-2-3-19-9-17-6(16-8(11)18-9)5-4-15-7(20-5)10(12,13)14/h4H,2-3H2,1H3. The van der Waals surface area contributed by atoms with Gasteiger partial charge in [0.15, 0.2) is 10.8 Å². The van der Waals surface area contributed by atoms with E-state index in [9.17, 15) is 13.2 Å². The van der Waals surface area contributed by atoms with Crippen molar-refractivity contribution in [3.8, 4) is 16.7 Å². The summed E-state index contributed by atoms with van der Waals surface area (Å²) in [5, 5.41) is -1.12. The summed E-state index contributed by atoms with van der Waals surface area (Å²) in [7, 11) is 0. The van der Waals surface area contributed by atoms with Crippen molar-refractivity contribution in [2.24, 2.45) is 0 Å². The van der Waals surface area contributed by atoms with E-state index in [-0.39, 0.29) is 22.0 Å². The van der Waals surface area contributed by atoms with Crippen LogP contribution >= 0.6 is 22.9 Å². The van der Waals surface area contributed by atoms with Crippen molar-refractivity contribution in [1.82, 2.24) is 19.9 Å². The lowest BCUT2D eigenvalue weighted by molar-refractivity contribution is -0.137. The van der Waals surface area contributed by atoms with Gasteiger partial charge < -0.3 is 4.74 Å². The first kappa shape index (κ1) is 14.9. The van der Waals surface area contributed by atoms with Crippen LogP contribution in [0.5, 0.6) is 6.01 Å². The fourth-order valence-corrected chi connectivity index (χ4v) is 2.08. The molecule has 0 fully saturated rings. The summed E-state index contributed by atoms with van der Waals surface area (Å²) < 4.78 is 42.6. The molecule has 0 aliphatic heterocycles. The highest BCUT2D eigenvalue weighted by molar-refractivity contribution is 7.15. The van der Waals surface area contributed by atoms with Crippen LogP contribution in [0.3, 0.4) is 0 Å². The molecule has 0 atom stereocenters. The lowest BCUT2D eigenvalue weighted by Crippen LogP contribution is -2.03. The van der Waals surface area contributed by atoms with E-state index in [1.54, 1.807) is 0 Å². The molecule has 2 heterocycles. The fourth-order valence-electron chi connectivity index (χ4n) is 1.21. The Morgan fingerprint density at radius 1 is 1.30 bits per heavy atom. The van der Waals surface area contributed by atoms with Crippen LogP contribution in [-0.4, -0.2) is 26.5 Å². The quantitative estimate of drug-likeness (QED) is 0.862. The second kappa shape index (κ2) is 5.88. The number of ether oxygens (including phenoxy) is 1. The minimum atomic E-state index is -4.50. The molecule has 20 heavy (non-hydrogen) atoms. The van der Waals surface area contributed by atoms with Gasteiger partial charge in [0.05, 0.1) is 11.5 Å². The van der Waals surface area contributed by atoms with E-state index in [1.165, 1.54) is 0 Å². The molecular weight excluding hydrogens is 317 g/mol. The molecule has 0 saturated carbocycles. The predicted octanol–water partition coefficient (Wildman–Crippen LogP) is 3.46. The fraction of sp³-hybridized carbons (Fsp3) is 0.400. The third-order valence-corrected chi connectivity index (χ3v) is 3.20. The Balaban J connectivity index is 2.32. The maximum Gasteiger partial charge on any atom is 0.443 e. The number of alkyl halides is 3. The molecular formula is C10H8ClF3N4OS. The number of halogens is 4. The van der Waals surface area contributed by atoms with Gasteiger partial charge in [0.25, 0.3) is 0 Å². The van der Waals surface area contributed by atoms with Crippen LogP contribution in [-0.2, 0) is 6.18 Å². The van der Waals surface area contributed by atoms with E-state index in [2.05, 4.69) is 19.9 Å². The summed E-state index contributed by atoms with van der Waals surface area (Å²) in [6, 6.07) is -0.0243. The number of aromatic nitrogens is 4. The maximum atomic E-state index is 12.5. The molecule has 108 valence electrons. The van der Waals surface area contributed by atoms with Crippen molar-refractivity contribution < 1.29 is 17.9 Å². The van der Waals surface area contributed by atoms with Crippen LogP contribution < -0.4 is 4.74 Å². The third-order valence-electron chi connectivity index (χ3n) is 1.99. The van der Waals surface area contributed by atoms with Crippen LogP contribution in [0.1, 0.15) is 18.4 Å². The van der Waals surface area contributed by atoms with E-state index in [0.29, 0.717) is 17.9 Å². The molecule has 10 heteroatoms. The molecule has 2 aromatic rings. The van der Waals surface area contributed by atoms with E-state index in [4.69, 9.17) is 16.3 Å². The lowest BCUT2D eigenvalue weighted by atomic mass is 10.5. The first-order valence-electron chi connectivity index (χ1n) is 5.48. The summed E-state index contributed by atoms with van der Waals surface area (Å²) in [4.78, 5) is 14.9. The Morgan fingerprint density at radius 2 is 2.05 bits per heavy atom. The zero-order valence-corrected chi connectivity index (χ0v) is 11.7. The number of hydrogen-bond acceptors (Lipinski definition) is 6. The summed E-state index contributed by atoms with van der Waals surface area (Å²) in [6.45, 7) is 2.26. The summed E-state index contributed by atoms with van der Waals surface area (Å²) in [6.07, 6.45) is -2.72. The molecule has 0 N–H and O–H groups in total. The molecule has 0 bridgehead atoms. The SMILES string of the molecule is CCCOc1nc(Cl)nc(-c2cnc(C(F)(F)F)s2)n1. The Hall–Kier alpha value is -1.48. The summed E-state index contributed by atoms with van der Waals surface area (Å²) >= 11 is 6.13. The van der Waals surface area contributed by atoms with Crippen molar-refractivity contribution in [3.05, 3.63) is 16.5 Å². The van der Waals surface area contributed by atoms with Crippen molar-refractivity contribution in [2.45, 2.75) is 19.5 Å². The van der Waals surface area contributed by atoms with Gasteiger partial charge >= 0.3 is 12.2 Å². The summed E-state index contributed by atoms with van der Waals surface area (Å²) in [5.41, 5.74) is 0. The maximum absolute atomic E-state index is 12.5. The van der Waals surface area contributed by atoms with E-state index in [1.807, 2.05) is 6.92 Å². The van der Waals surface area contributed by atoms with Gasteiger partial charge in [0, 0.05) is 6.20 Å². The van der Waals surface area contributed by atoms with Gasteiger partial charge in [-0.05, 0) is 18.0 Å². The topological polar surface area (TPSA) is 60.8 Å². The first-order valence-corrected chi connectivity index (χ1v) is 6.67. The average molecular weight is 325 g/mol.